The molecule has 0 fully saturated rings. The van der Waals surface area contributed by atoms with Crippen molar-refractivity contribution in [3.8, 4) is 0 Å². The largest absolute Gasteiger partial charge is 0.324 e. The topological polar surface area (TPSA) is 84.7 Å². The number of nitrogens with zero attached hydrogens (tertiary/aromatic N) is 4. The molecule has 132 valence electrons. The van der Waals surface area contributed by atoms with E-state index in [1.165, 1.54) is 0 Å². The summed E-state index contributed by atoms with van der Waals surface area (Å²) in [6.07, 6.45) is 5.09. The van der Waals surface area contributed by atoms with Crippen molar-refractivity contribution in [3.63, 3.8) is 0 Å². The number of hydrogen-bond acceptors (Lipinski definition) is 5. The molecule has 0 bridgehead atoms. The Kier molecular flexibility index (Phi) is 3.91. The van der Waals surface area contributed by atoms with Crippen LogP contribution < -0.4 is 10.6 Å². The molecule has 26 heavy (non-hydrogen) atoms. The second-order valence-electron chi connectivity index (χ2n) is 6.72. The van der Waals surface area contributed by atoms with Gasteiger partial charge in [-0.1, -0.05) is 18.2 Å². The SMILES string of the molecule is Cn1ccc(NC(=O)C2(C)CCc3cnc(Nc4ccccc4)nc32)n1. The predicted molar refractivity (Wildman–Crippen MR) is 99.3 cm³/mol. The number of para-hydroxylation sites is 1. The monoisotopic (exact) mass is 348 g/mol. The summed E-state index contributed by atoms with van der Waals surface area (Å²) < 4.78 is 1.66. The molecule has 1 unspecified atom stereocenters. The van der Waals surface area contributed by atoms with Gasteiger partial charge in [0, 0.05) is 31.2 Å². The van der Waals surface area contributed by atoms with Gasteiger partial charge in [-0.2, -0.15) is 5.10 Å². The summed E-state index contributed by atoms with van der Waals surface area (Å²) in [6.45, 7) is 1.93. The van der Waals surface area contributed by atoms with E-state index in [9.17, 15) is 4.79 Å². The second-order valence-corrected chi connectivity index (χ2v) is 6.72. The van der Waals surface area contributed by atoms with Gasteiger partial charge in [0.25, 0.3) is 0 Å². The Hall–Kier alpha value is -3.22. The van der Waals surface area contributed by atoms with Gasteiger partial charge < -0.3 is 10.6 Å². The molecule has 1 aromatic carbocycles. The molecule has 1 aliphatic carbocycles. The Morgan fingerprint density at radius 2 is 2.04 bits per heavy atom. The van der Waals surface area contributed by atoms with Crippen molar-refractivity contribution in [2.75, 3.05) is 10.6 Å². The third kappa shape index (κ3) is 2.92. The molecule has 1 aliphatic rings. The molecule has 0 radical (unpaired) electrons. The number of fused-ring (bicyclic) bond motifs is 1. The van der Waals surface area contributed by atoms with Crippen molar-refractivity contribution >= 4 is 23.4 Å². The minimum absolute atomic E-state index is 0.0979. The zero-order valence-corrected chi connectivity index (χ0v) is 14.7. The first-order valence-corrected chi connectivity index (χ1v) is 8.54. The maximum atomic E-state index is 12.9. The number of nitrogens with one attached hydrogen (secondary N) is 2. The van der Waals surface area contributed by atoms with E-state index in [1.807, 2.05) is 50.5 Å². The minimum atomic E-state index is -0.705. The third-order valence-corrected chi connectivity index (χ3v) is 4.77. The lowest BCUT2D eigenvalue weighted by Crippen LogP contribution is -2.36. The van der Waals surface area contributed by atoms with Crippen molar-refractivity contribution in [1.82, 2.24) is 19.7 Å². The summed E-state index contributed by atoms with van der Waals surface area (Å²) in [5.41, 5.74) is 2.00. The van der Waals surface area contributed by atoms with Crippen molar-refractivity contribution in [2.45, 2.75) is 25.2 Å². The number of carbonyl (C=O) groups is 1. The van der Waals surface area contributed by atoms with Crippen molar-refractivity contribution in [3.05, 3.63) is 60.0 Å². The molecule has 2 aromatic heterocycles. The number of hydrogen-bond donors (Lipinski definition) is 2. The number of rotatable bonds is 4. The lowest BCUT2D eigenvalue weighted by molar-refractivity contribution is -0.121. The summed E-state index contributed by atoms with van der Waals surface area (Å²) >= 11 is 0. The number of benzene rings is 1. The van der Waals surface area contributed by atoms with E-state index in [0.717, 1.165) is 23.4 Å². The highest BCUT2D eigenvalue weighted by atomic mass is 16.2. The second kappa shape index (κ2) is 6.25. The average molecular weight is 348 g/mol. The zero-order valence-electron chi connectivity index (χ0n) is 14.7. The van der Waals surface area contributed by atoms with Crippen LogP contribution in [0.1, 0.15) is 24.6 Å². The van der Waals surface area contributed by atoms with Crippen molar-refractivity contribution < 1.29 is 4.79 Å². The fraction of sp³-hybridized carbons (Fsp3) is 0.263. The van der Waals surface area contributed by atoms with Gasteiger partial charge in [-0.25, -0.2) is 9.97 Å². The molecular formula is C19H20N6O. The van der Waals surface area contributed by atoms with Crippen LogP contribution in [0.4, 0.5) is 17.5 Å². The smallest absolute Gasteiger partial charge is 0.237 e. The van der Waals surface area contributed by atoms with Gasteiger partial charge in [0.05, 0.1) is 11.1 Å². The number of anilines is 3. The summed E-state index contributed by atoms with van der Waals surface area (Å²) in [5, 5.41) is 10.3. The molecule has 2 N–H and O–H groups in total. The summed E-state index contributed by atoms with van der Waals surface area (Å²) in [7, 11) is 1.82. The Bertz CT molecular complexity index is 952. The predicted octanol–water partition coefficient (Wildman–Crippen LogP) is 2.80. The molecule has 0 saturated carbocycles. The molecule has 2 heterocycles. The molecule has 0 spiro atoms. The number of amides is 1. The van der Waals surface area contributed by atoms with Crippen LogP contribution in [0.25, 0.3) is 0 Å². The highest BCUT2D eigenvalue weighted by molar-refractivity contribution is 5.98. The van der Waals surface area contributed by atoms with Crippen LogP contribution in [-0.4, -0.2) is 25.7 Å². The quantitative estimate of drug-likeness (QED) is 0.757. The highest BCUT2D eigenvalue weighted by Crippen LogP contribution is 2.38. The normalized spacial score (nSPS) is 18.4. The first-order chi connectivity index (χ1) is 12.5. The van der Waals surface area contributed by atoms with E-state index in [0.29, 0.717) is 18.2 Å². The van der Waals surface area contributed by atoms with Crippen LogP contribution in [0.2, 0.25) is 0 Å². The fourth-order valence-corrected chi connectivity index (χ4v) is 3.24. The van der Waals surface area contributed by atoms with Gasteiger partial charge in [0.1, 0.15) is 0 Å². The molecule has 3 aromatic rings. The Morgan fingerprint density at radius 1 is 1.23 bits per heavy atom. The Labute approximate surface area is 151 Å². The van der Waals surface area contributed by atoms with Crippen LogP contribution >= 0.6 is 0 Å². The highest BCUT2D eigenvalue weighted by Gasteiger charge is 2.43. The summed E-state index contributed by atoms with van der Waals surface area (Å²) in [6, 6.07) is 11.5. The summed E-state index contributed by atoms with van der Waals surface area (Å²) in [4.78, 5) is 22.0. The molecule has 4 rings (SSSR count). The molecule has 1 atom stereocenters. The number of aryl methyl sites for hydroxylation is 2. The van der Waals surface area contributed by atoms with Gasteiger partial charge in [-0.3, -0.25) is 9.48 Å². The standard InChI is InChI=1S/C19H20N6O/c1-19(17(26)22-15-9-11-25(2)24-15)10-8-13-12-20-18(23-16(13)19)21-14-6-4-3-5-7-14/h3-7,9,11-12H,8,10H2,1-2H3,(H,20,21,23)(H,22,24,26). The Balaban J connectivity index is 1.60. The first-order valence-electron chi connectivity index (χ1n) is 8.54. The van der Waals surface area contributed by atoms with E-state index < -0.39 is 5.41 Å². The molecule has 7 nitrogen and oxygen atoms in total. The van der Waals surface area contributed by atoms with E-state index in [-0.39, 0.29) is 5.91 Å². The molecule has 1 amide bonds. The summed E-state index contributed by atoms with van der Waals surface area (Å²) in [5.74, 6) is 0.942. The van der Waals surface area contributed by atoms with E-state index in [1.54, 1.807) is 16.9 Å². The van der Waals surface area contributed by atoms with Crippen LogP contribution in [0.15, 0.2) is 48.8 Å². The third-order valence-electron chi connectivity index (χ3n) is 4.77. The Morgan fingerprint density at radius 3 is 2.77 bits per heavy atom. The molecule has 7 heteroatoms. The van der Waals surface area contributed by atoms with Crippen LogP contribution in [0.3, 0.4) is 0 Å². The van der Waals surface area contributed by atoms with E-state index in [2.05, 4.69) is 25.7 Å². The van der Waals surface area contributed by atoms with Crippen molar-refractivity contribution in [1.29, 1.82) is 0 Å². The van der Waals surface area contributed by atoms with Gasteiger partial charge in [-0.15, -0.1) is 0 Å². The number of carbonyl (C=O) groups excluding carboxylic acids is 1. The minimum Gasteiger partial charge on any atom is -0.324 e. The first kappa shape index (κ1) is 16.3. The zero-order chi connectivity index (χ0) is 18.1. The lowest BCUT2D eigenvalue weighted by atomic mass is 9.86. The van der Waals surface area contributed by atoms with Gasteiger partial charge in [-0.05, 0) is 37.5 Å². The van der Waals surface area contributed by atoms with Crippen molar-refractivity contribution in [2.24, 2.45) is 7.05 Å². The lowest BCUT2D eigenvalue weighted by Gasteiger charge is -2.23. The van der Waals surface area contributed by atoms with E-state index in [4.69, 9.17) is 0 Å². The van der Waals surface area contributed by atoms with Crippen LogP contribution in [0.5, 0.6) is 0 Å². The van der Waals surface area contributed by atoms with Gasteiger partial charge in [0.15, 0.2) is 5.82 Å². The average Bonchev–Trinajstić information content (AvgIpc) is 3.20. The fourth-order valence-electron chi connectivity index (χ4n) is 3.24. The maximum absolute atomic E-state index is 12.9. The van der Waals surface area contributed by atoms with Gasteiger partial charge in [0.2, 0.25) is 11.9 Å². The molecular weight excluding hydrogens is 328 g/mol. The maximum Gasteiger partial charge on any atom is 0.237 e. The van der Waals surface area contributed by atoms with Crippen LogP contribution in [-0.2, 0) is 23.7 Å². The molecule has 0 aliphatic heterocycles. The van der Waals surface area contributed by atoms with Crippen LogP contribution in [0, 0.1) is 0 Å². The van der Waals surface area contributed by atoms with Gasteiger partial charge >= 0.3 is 0 Å². The number of aromatic nitrogens is 4. The molecule has 0 saturated heterocycles. The van der Waals surface area contributed by atoms with E-state index >= 15 is 0 Å².